The Labute approximate surface area is 177 Å². The quantitative estimate of drug-likeness (QED) is 0.744. The lowest BCUT2D eigenvalue weighted by molar-refractivity contribution is -0.142. The molecule has 5 rings (SSSR count). The van der Waals surface area contributed by atoms with Crippen LogP contribution in [0.15, 0.2) is 12.1 Å². The predicted octanol–water partition coefficient (Wildman–Crippen LogP) is 2.77. The summed E-state index contributed by atoms with van der Waals surface area (Å²) in [5, 5.41) is 3.92. The van der Waals surface area contributed by atoms with Gasteiger partial charge < -0.3 is 9.80 Å². The third-order valence-electron chi connectivity index (χ3n) is 6.58. The van der Waals surface area contributed by atoms with E-state index in [2.05, 4.69) is 10.1 Å². The van der Waals surface area contributed by atoms with Crippen LogP contribution in [0.3, 0.4) is 0 Å². The van der Waals surface area contributed by atoms with Crippen molar-refractivity contribution >= 4 is 17.5 Å². The molecule has 166 valence electrons. The van der Waals surface area contributed by atoms with Crippen molar-refractivity contribution in [2.75, 3.05) is 19.6 Å². The number of alkyl halides is 3. The van der Waals surface area contributed by atoms with Crippen LogP contribution >= 0.6 is 0 Å². The molecule has 2 saturated heterocycles. The number of hydrogen-bond donors (Lipinski definition) is 0. The molecular weight excluding hydrogens is 411 g/mol. The number of likely N-dealkylation sites (tertiary alicyclic amines) is 2. The topological polar surface area (TPSA) is 70.8 Å². The SMILES string of the molecule is Cc1cc2nc(C3CCN(C(=O)[C@@H]4CC(=O)N(C5CC5)C4)CC3)cc(C(F)(F)F)n2n1. The molecule has 3 aliphatic rings. The molecule has 2 aromatic heterocycles. The van der Waals surface area contributed by atoms with E-state index in [1.54, 1.807) is 17.9 Å². The molecule has 31 heavy (non-hydrogen) atoms. The first-order valence-corrected chi connectivity index (χ1v) is 10.7. The number of amides is 2. The van der Waals surface area contributed by atoms with Gasteiger partial charge in [0.05, 0.1) is 11.6 Å². The lowest BCUT2D eigenvalue weighted by Crippen LogP contribution is -2.42. The molecule has 1 atom stereocenters. The number of carbonyl (C=O) groups is 2. The zero-order valence-electron chi connectivity index (χ0n) is 17.2. The van der Waals surface area contributed by atoms with Gasteiger partial charge in [0.15, 0.2) is 5.65 Å². The number of hydrogen-bond acceptors (Lipinski definition) is 4. The van der Waals surface area contributed by atoms with E-state index >= 15 is 0 Å². The summed E-state index contributed by atoms with van der Waals surface area (Å²) >= 11 is 0. The normalized spacial score (nSPS) is 23.2. The Morgan fingerprint density at radius 3 is 2.48 bits per heavy atom. The van der Waals surface area contributed by atoms with Crippen LogP contribution in [0.2, 0.25) is 0 Å². The largest absolute Gasteiger partial charge is 0.433 e. The number of piperidine rings is 1. The Morgan fingerprint density at radius 1 is 1.13 bits per heavy atom. The molecule has 3 fully saturated rings. The average Bonchev–Trinajstić information content (AvgIpc) is 3.38. The molecule has 0 N–H and O–H groups in total. The fourth-order valence-electron chi connectivity index (χ4n) is 4.81. The molecule has 1 aliphatic carbocycles. The number of fused-ring (bicyclic) bond motifs is 1. The molecule has 10 heteroatoms. The molecule has 0 spiro atoms. The van der Waals surface area contributed by atoms with E-state index in [0.717, 1.165) is 23.4 Å². The summed E-state index contributed by atoms with van der Waals surface area (Å²) in [5.74, 6) is -0.408. The summed E-state index contributed by atoms with van der Waals surface area (Å²) in [6.45, 7) is 3.06. The lowest BCUT2D eigenvalue weighted by atomic mass is 9.92. The van der Waals surface area contributed by atoms with E-state index in [-0.39, 0.29) is 35.7 Å². The Kier molecular flexibility index (Phi) is 4.71. The standard InChI is InChI=1S/C21H24F3N5O2/c1-12-8-18-25-16(10-17(21(22,23)24)29(18)26-12)13-4-6-27(7-5-13)20(31)14-9-19(30)28(11-14)15-2-3-15/h8,10,13-15H,2-7,9,11H2,1H3/t14-/m1/s1. The fourth-order valence-corrected chi connectivity index (χ4v) is 4.81. The second kappa shape index (κ2) is 7.20. The minimum Gasteiger partial charge on any atom is -0.342 e. The van der Waals surface area contributed by atoms with E-state index in [9.17, 15) is 22.8 Å². The summed E-state index contributed by atoms with van der Waals surface area (Å²) in [4.78, 5) is 33.1. The third kappa shape index (κ3) is 3.76. The van der Waals surface area contributed by atoms with Crippen molar-refractivity contribution in [3.8, 4) is 0 Å². The average molecular weight is 435 g/mol. The highest BCUT2D eigenvalue weighted by Gasteiger charge is 2.43. The van der Waals surface area contributed by atoms with Gasteiger partial charge in [-0.05, 0) is 38.7 Å². The number of aryl methyl sites for hydroxylation is 1. The molecule has 0 bridgehead atoms. The molecule has 2 amide bonds. The van der Waals surface area contributed by atoms with Crippen molar-refractivity contribution in [3.05, 3.63) is 29.2 Å². The first kappa shape index (κ1) is 20.3. The van der Waals surface area contributed by atoms with Gasteiger partial charge in [0.1, 0.15) is 5.69 Å². The van der Waals surface area contributed by atoms with Gasteiger partial charge in [0.2, 0.25) is 11.8 Å². The van der Waals surface area contributed by atoms with Crippen LogP contribution in [0, 0.1) is 12.8 Å². The second-order valence-corrected chi connectivity index (χ2v) is 8.90. The van der Waals surface area contributed by atoms with Gasteiger partial charge in [0, 0.05) is 49.8 Å². The number of nitrogens with zero attached hydrogens (tertiary/aromatic N) is 5. The molecule has 7 nitrogen and oxygen atoms in total. The Hall–Kier alpha value is -2.65. The predicted molar refractivity (Wildman–Crippen MR) is 104 cm³/mol. The number of carbonyl (C=O) groups excluding carboxylic acids is 2. The molecular formula is C21H24F3N5O2. The van der Waals surface area contributed by atoms with Crippen molar-refractivity contribution < 1.29 is 22.8 Å². The summed E-state index contributed by atoms with van der Waals surface area (Å²) in [6.07, 6.45) is -1.13. The summed E-state index contributed by atoms with van der Waals surface area (Å²) < 4.78 is 41.5. The molecule has 0 aromatic carbocycles. The van der Waals surface area contributed by atoms with Crippen LogP contribution in [0.4, 0.5) is 13.2 Å². The van der Waals surface area contributed by atoms with Crippen molar-refractivity contribution in [2.24, 2.45) is 5.92 Å². The maximum absolute atomic E-state index is 13.6. The Morgan fingerprint density at radius 2 is 1.84 bits per heavy atom. The van der Waals surface area contributed by atoms with E-state index in [0.29, 0.717) is 49.9 Å². The van der Waals surface area contributed by atoms with Crippen LogP contribution in [0.5, 0.6) is 0 Å². The Balaban J connectivity index is 1.29. The molecule has 2 aromatic rings. The van der Waals surface area contributed by atoms with Gasteiger partial charge in [-0.15, -0.1) is 0 Å². The van der Waals surface area contributed by atoms with Gasteiger partial charge in [-0.1, -0.05) is 0 Å². The van der Waals surface area contributed by atoms with Gasteiger partial charge in [-0.3, -0.25) is 9.59 Å². The summed E-state index contributed by atoms with van der Waals surface area (Å²) in [6, 6.07) is 2.94. The maximum Gasteiger partial charge on any atom is 0.433 e. The Bertz CT molecular complexity index is 1040. The van der Waals surface area contributed by atoms with E-state index in [1.807, 2.05) is 4.90 Å². The van der Waals surface area contributed by atoms with Gasteiger partial charge in [-0.25, -0.2) is 9.50 Å². The van der Waals surface area contributed by atoms with E-state index in [4.69, 9.17) is 0 Å². The minimum absolute atomic E-state index is 0.0132. The minimum atomic E-state index is -4.53. The van der Waals surface area contributed by atoms with Crippen LogP contribution < -0.4 is 0 Å². The summed E-state index contributed by atoms with van der Waals surface area (Å²) in [5.41, 5.74) is 0.221. The summed E-state index contributed by atoms with van der Waals surface area (Å²) in [7, 11) is 0. The fraction of sp³-hybridized carbons (Fsp3) is 0.619. The van der Waals surface area contributed by atoms with Crippen molar-refractivity contribution in [2.45, 2.75) is 57.2 Å². The van der Waals surface area contributed by atoms with Crippen LogP contribution in [0.25, 0.3) is 5.65 Å². The zero-order chi connectivity index (χ0) is 21.9. The van der Waals surface area contributed by atoms with Crippen LogP contribution in [-0.4, -0.2) is 61.9 Å². The van der Waals surface area contributed by atoms with Crippen molar-refractivity contribution in [1.29, 1.82) is 0 Å². The van der Waals surface area contributed by atoms with Gasteiger partial charge in [-0.2, -0.15) is 18.3 Å². The number of halogens is 3. The molecule has 2 aliphatic heterocycles. The van der Waals surface area contributed by atoms with Crippen LogP contribution in [-0.2, 0) is 15.8 Å². The van der Waals surface area contributed by atoms with E-state index in [1.165, 1.54) is 0 Å². The number of aromatic nitrogens is 3. The highest BCUT2D eigenvalue weighted by atomic mass is 19.4. The van der Waals surface area contributed by atoms with Gasteiger partial charge >= 0.3 is 6.18 Å². The highest BCUT2D eigenvalue weighted by Crippen LogP contribution is 2.36. The monoisotopic (exact) mass is 435 g/mol. The lowest BCUT2D eigenvalue weighted by Gasteiger charge is -2.33. The first-order chi connectivity index (χ1) is 14.7. The highest BCUT2D eigenvalue weighted by molar-refractivity contribution is 5.89. The molecule has 0 radical (unpaired) electrons. The second-order valence-electron chi connectivity index (χ2n) is 8.90. The van der Waals surface area contributed by atoms with Gasteiger partial charge in [0.25, 0.3) is 0 Å². The van der Waals surface area contributed by atoms with Crippen molar-refractivity contribution in [3.63, 3.8) is 0 Å². The van der Waals surface area contributed by atoms with Crippen molar-refractivity contribution in [1.82, 2.24) is 24.4 Å². The maximum atomic E-state index is 13.6. The molecule has 4 heterocycles. The third-order valence-corrected chi connectivity index (χ3v) is 6.58. The molecule has 0 unspecified atom stereocenters. The smallest absolute Gasteiger partial charge is 0.342 e. The molecule has 1 saturated carbocycles. The van der Waals surface area contributed by atoms with E-state index < -0.39 is 11.9 Å². The first-order valence-electron chi connectivity index (χ1n) is 10.7. The zero-order valence-corrected chi connectivity index (χ0v) is 17.2. The van der Waals surface area contributed by atoms with Crippen LogP contribution in [0.1, 0.15) is 55.1 Å². The number of rotatable bonds is 3.